The number of carbonyl (C=O) groups is 1. The maximum absolute atomic E-state index is 15.8. The molecule has 4 aromatic rings. The summed E-state index contributed by atoms with van der Waals surface area (Å²) in [6.07, 6.45) is 3.75. The molecule has 0 radical (unpaired) electrons. The van der Waals surface area contributed by atoms with Gasteiger partial charge in [-0.15, -0.1) is 5.10 Å². The van der Waals surface area contributed by atoms with E-state index >= 15 is 4.11 Å². The highest BCUT2D eigenvalue weighted by atomic mass is 28.4. The zero-order valence-electron chi connectivity index (χ0n) is 26.1. The van der Waals surface area contributed by atoms with E-state index in [2.05, 4.69) is 29.4 Å². The second-order valence-corrected chi connectivity index (χ2v) is 16.5. The lowest BCUT2D eigenvalue weighted by molar-refractivity contribution is -0.120. The molecule has 1 N–H and O–H groups in total. The maximum Gasteiger partial charge on any atom is 0.269 e. The van der Waals surface area contributed by atoms with Crippen molar-refractivity contribution in [1.82, 2.24) is 15.0 Å². The van der Waals surface area contributed by atoms with E-state index in [0.29, 0.717) is 24.4 Å². The zero-order valence-corrected chi connectivity index (χ0v) is 27.1. The minimum absolute atomic E-state index is 0.00526. The van der Waals surface area contributed by atoms with Crippen molar-refractivity contribution in [2.45, 2.75) is 69.5 Å². The van der Waals surface area contributed by atoms with E-state index < -0.39 is 8.41 Å². The summed E-state index contributed by atoms with van der Waals surface area (Å²) >= 11 is 0. The normalized spacial score (nSPS) is 22.2. The number of carbonyl (C=O) groups excluding carboxylic acids is 1. The van der Waals surface area contributed by atoms with Crippen molar-refractivity contribution in [2.75, 3.05) is 18.1 Å². The van der Waals surface area contributed by atoms with E-state index in [1.54, 1.807) is 22.7 Å². The molecule has 236 valence electrons. The van der Waals surface area contributed by atoms with Crippen molar-refractivity contribution in [3.63, 3.8) is 0 Å². The van der Waals surface area contributed by atoms with Crippen LogP contribution >= 0.6 is 0 Å². The number of fused-ring (bicyclic) bond motifs is 1. The molecule has 1 amide bonds. The third-order valence-electron chi connectivity index (χ3n) is 9.23. The number of hydrogen-bond acceptors (Lipinski definition) is 6. The SMILES string of the molecule is C[C@H]1[C@H]([Si](C)(C)F)[C@@H](CCn2cc(C(CO)c3ccccc3)nn2)O[C@H]1CCc1cccc(N2C(=O)COc3ccccc32)c1. The summed E-state index contributed by atoms with van der Waals surface area (Å²) in [5.74, 6) is 0.426. The number of amides is 1. The van der Waals surface area contributed by atoms with Crippen LogP contribution in [0.1, 0.15) is 42.5 Å². The van der Waals surface area contributed by atoms with Gasteiger partial charge in [0.15, 0.2) is 6.61 Å². The fourth-order valence-corrected chi connectivity index (χ4v) is 9.69. The molecule has 45 heavy (non-hydrogen) atoms. The van der Waals surface area contributed by atoms with Gasteiger partial charge in [-0.2, -0.15) is 0 Å². The molecule has 2 aliphatic rings. The van der Waals surface area contributed by atoms with Crippen molar-refractivity contribution in [3.8, 4) is 5.75 Å². The Morgan fingerprint density at radius 2 is 1.80 bits per heavy atom. The van der Waals surface area contributed by atoms with E-state index in [4.69, 9.17) is 9.47 Å². The van der Waals surface area contributed by atoms with Gasteiger partial charge < -0.3 is 18.7 Å². The fraction of sp³-hybridized carbons (Fsp3) is 0.400. The molecule has 3 aromatic carbocycles. The number of nitrogens with zero attached hydrogens (tertiary/aromatic N) is 4. The Morgan fingerprint density at radius 1 is 1.02 bits per heavy atom. The molecule has 0 aliphatic carbocycles. The van der Waals surface area contributed by atoms with Crippen molar-refractivity contribution < 1.29 is 23.5 Å². The van der Waals surface area contributed by atoms with E-state index in [9.17, 15) is 9.90 Å². The predicted molar refractivity (Wildman–Crippen MR) is 174 cm³/mol. The topological polar surface area (TPSA) is 89.7 Å². The number of aryl methyl sites for hydroxylation is 2. The quantitative estimate of drug-likeness (QED) is 0.152. The highest BCUT2D eigenvalue weighted by Gasteiger charge is 2.50. The number of halogens is 1. The number of para-hydroxylation sites is 2. The first-order valence-electron chi connectivity index (χ1n) is 15.8. The molecule has 1 unspecified atom stereocenters. The molecule has 1 aromatic heterocycles. The molecule has 0 spiro atoms. The lowest BCUT2D eigenvalue weighted by atomic mass is 9.95. The van der Waals surface area contributed by atoms with Crippen LogP contribution < -0.4 is 9.64 Å². The lowest BCUT2D eigenvalue weighted by Gasteiger charge is -2.29. The molecular weight excluding hydrogens is 587 g/mol. The van der Waals surface area contributed by atoms with E-state index in [1.807, 2.05) is 72.9 Å². The number of anilines is 2. The Hall–Kier alpha value is -3.86. The average Bonchev–Trinajstić information content (AvgIpc) is 3.63. The number of aromatic nitrogens is 3. The van der Waals surface area contributed by atoms with E-state index in [1.165, 1.54) is 0 Å². The first kappa shape index (κ1) is 31.1. The zero-order chi connectivity index (χ0) is 31.6. The number of aliphatic hydroxyl groups excluding tert-OH is 1. The molecule has 0 saturated carbocycles. The molecular formula is C35H41FN4O4Si. The first-order chi connectivity index (χ1) is 21.7. The van der Waals surface area contributed by atoms with Crippen LogP contribution in [0.2, 0.25) is 18.6 Å². The fourth-order valence-electron chi connectivity index (χ4n) is 7.09. The van der Waals surface area contributed by atoms with Gasteiger partial charge in [0.25, 0.3) is 5.91 Å². The Bertz CT molecular complexity index is 1610. The van der Waals surface area contributed by atoms with Crippen LogP contribution in [0.3, 0.4) is 0 Å². The van der Waals surface area contributed by atoms with Crippen LogP contribution in [0.4, 0.5) is 15.5 Å². The Kier molecular flexibility index (Phi) is 9.16. The standard InChI is InChI=1S/C35H41FN4O4Si/c1-24-31(17-16-25-10-9-13-27(20-25)40-30-14-7-8-15-32(30)43-23-34(40)42)44-33(35(24)45(2,3)36)18-19-39-21-29(37-38-39)28(22-41)26-11-5-4-6-12-26/h4-15,20-21,24,28,31,33,35,41H,16-19,22-23H2,1-3H3/t24-,28?,31+,33-,35+/m1/s1. The number of aliphatic hydroxyl groups is 1. The molecule has 3 heterocycles. The molecule has 6 rings (SSSR count). The highest BCUT2D eigenvalue weighted by molar-refractivity contribution is 6.72. The lowest BCUT2D eigenvalue weighted by Crippen LogP contribution is -2.36. The summed E-state index contributed by atoms with van der Waals surface area (Å²) in [5, 5.41) is 18.7. The van der Waals surface area contributed by atoms with Crippen LogP contribution in [0, 0.1) is 5.92 Å². The second-order valence-electron chi connectivity index (χ2n) is 12.7. The maximum atomic E-state index is 15.8. The largest absolute Gasteiger partial charge is 0.482 e. The highest BCUT2D eigenvalue weighted by Crippen LogP contribution is 2.47. The van der Waals surface area contributed by atoms with Crippen molar-refractivity contribution in [3.05, 3.63) is 102 Å². The smallest absolute Gasteiger partial charge is 0.269 e. The second kappa shape index (κ2) is 13.2. The third kappa shape index (κ3) is 6.73. The first-order valence-corrected chi connectivity index (χ1v) is 18.7. The van der Waals surface area contributed by atoms with Crippen molar-refractivity contribution in [2.24, 2.45) is 5.92 Å². The number of rotatable bonds is 11. The van der Waals surface area contributed by atoms with Crippen molar-refractivity contribution in [1.29, 1.82) is 0 Å². The van der Waals surface area contributed by atoms with Gasteiger partial charge in [-0.05, 0) is 73.7 Å². The molecule has 10 heteroatoms. The van der Waals surface area contributed by atoms with Crippen LogP contribution in [-0.4, -0.2) is 59.8 Å². The molecule has 0 bridgehead atoms. The van der Waals surface area contributed by atoms with E-state index in [0.717, 1.165) is 35.3 Å². The van der Waals surface area contributed by atoms with Gasteiger partial charge in [0.1, 0.15) is 5.75 Å². The molecule has 1 fully saturated rings. The van der Waals surface area contributed by atoms with Gasteiger partial charge in [0.2, 0.25) is 8.41 Å². The molecule has 2 aliphatic heterocycles. The summed E-state index contributed by atoms with van der Waals surface area (Å²) in [6.45, 7) is 6.20. The van der Waals surface area contributed by atoms with Gasteiger partial charge in [-0.1, -0.05) is 66.7 Å². The molecule has 8 nitrogen and oxygen atoms in total. The van der Waals surface area contributed by atoms with Gasteiger partial charge in [0.05, 0.1) is 36.1 Å². The predicted octanol–water partition coefficient (Wildman–Crippen LogP) is 6.43. The van der Waals surface area contributed by atoms with Crippen LogP contribution in [0.25, 0.3) is 0 Å². The Balaban J connectivity index is 1.12. The van der Waals surface area contributed by atoms with Gasteiger partial charge >= 0.3 is 0 Å². The number of benzene rings is 3. The average molecular weight is 629 g/mol. The minimum atomic E-state index is -3.03. The van der Waals surface area contributed by atoms with Crippen LogP contribution in [0.15, 0.2) is 85.1 Å². The van der Waals surface area contributed by atoms with Crippen molar-refractivity contribution >= 4 is 25.7 Å². The Labute approximate surface area is 265 Å². The number of ether oxygens (including phenoxy) is 2. The van der Waals surface area contributed by atoms with E-state index in [-0.39, 0.29) is 48.7 Å². The minimum Gasteiger partial charge on any atom is -0.482 e. The van der Waals surface area contributed by atoms with Crippen LogP contribution in [-0.2, 0) is 22.5 Å². The summed E-state index contributed by atoms with van der Waals surface area (Å²) in [5.41, 5.74) is 4.22. The summed E-state index contributed by atoms with van der Waals surface area (Å²) in [6, 6.07) is 25.4. The third-order valence-corrected chi connectivity index (χ3v) is 11.7. The molecule has 1 saturated heterocycles. The summed E-state index contributed by atoms with van der Waals surface area (Å²) in [7, 11) is -3.03. The monoisotopic (exact) mass is 628 g/mol. The number of hydrogen-bond donors (Lipinski definition) is 1. The molecule has 5 atom stereocenters. The summed E-state index contributed by atoms with van der Waals surface area (Å²) in [4.78, 5) is 14.6. The van der Waals surface area contributed by atoms with Gasteiger partial charge in [0, 0.05) is 24.0 Å². The Morgan fingerprint density at radius 3 is 2.58 bits per heavy atom. The van der Waals surface area contributed by atoms with Gasteiger partial charge in [-0.25, -0.2) is 0 Å². The van der Waals surface area contributed by atoms with Crippen LogP contribution in [0.5, 0.6) is 5.75 Å². The van der Waals surface area contributed by atoms with Gasteiger partial charge in [-0.3, -0.25) is 14.4 Å². The summed E-state index contributed by atoms with van der Waals surface area (Å²) < 4.78 is 29.8.